The van der Waals surface area contributed by atoms with Crippen LogP contribution in [0.4, 0.5) is 0 Å². The number of carbonyl (C=O) groups excluding carboxylic acids is 1. The van der Waals surface area contributed by atoms with E-state index in [1.54, 1.807) is 7.11 Å². The molecule has 106 valence electrons. The summed E-state index contributed by atoms with van der Waals surface area (Å²) in [5.74, 6) is -0.0827. The number of ether oxygens (including phenoxy) is 1. The monoisotopic (exact) mass is 264 g/mol. The van der Waals surface area contributed by atoms with E-state index in [1.165, 1.54) is 0 Å². The highest BCUT2D eigenvalue weighted by Crippen LogP contribution is 2.09. The van der Waals surface area contributed by atoms with Crippen LogP contribution in [0, 0.1) is 0 Å². The van der Waals surface area contributed by atoms with Crippen molar-refractivity contribution in [2.45, 2.75) is 45.4 Å². The third kappa shape index (κ3) is 5.41. The summed E-state index contributed by atoms with van der Waals surface area (Å²) in [5, 5.41) is 2.89. The molecule has 19 heavy (non-hydrogen) atoms. The van der Waals surface area contributed by atoms with Gasteiger partial charge in [-0.05, 0) is 17.5 Å². The van der Waals surface area contributed by atoms with Crippen LogP contribution in [-0.4, -0.2) is 19.1 Å². The Labute approximate surface area is 115 Å². The van der Waals surface area contributed by atoms with Crippen molar-refractivity contribution in [3.05, 3.63) is 35.4 Å². The fourth-order valence-corrected chi connectivity index (χ4v) is 1.89. The first-order valence-electron chi connectivity index (χ1n) is 6.78. The van der Waals surface area contributed by atoms with Crippen LogP contribution in [0.25, 0.3) is 0 Å². The molecule has 0 aliphatic rings. The molecule has 4 nitrogen and oxygen atoms in total. The summed E-state index contributed by atoms with van der Waals surface area (Å²) in [5.41, 5.74) is 7.99. The summed E-state index contributed by atoms with van der Waals surface area (Å²) in [4.78, 5) is 11.8. The second kappa shape index (κ2) is 8.67. The van der Waals surface area contributed by atoms with E-state index >= 15 is 0 Å². The van der Waals surface area contributed by atoms with Crippen molar-refractivity contribution in [2.24, 2.45) is 5.73 Å². The van der Waals surface area contributed by atoms with Gasteiger partial charge in [-0.15, -0.1) is 0 Å². The fourth-order valence-electron chi connectivity index (χ4n) is 1.89. The van der Waals surface area contributed by atoms with Gasteiger partial charge in [-0.2, -0.15) is 0 Å². The average molecular weight is 264 g/mol. The van der Waals surface area contributed by atoms with Crippen LogP contribution >= 0.6 is 0 Å². The number of amides is 1. The number of nitrogens with two attached hydrogens (primary N) is 1. The summed E-state index contributed by atoms with van der Waals surface area (Å²) in [6.07, 6.45) is 2.77. The Balaban J connectivity index is 2.49. The Morgan fingerprint density at radius 1 is 1.37 bits per heavy atom. The van der Waals surface area contributed by atoms with Gasteiger partial charge in [0, 0.05) is 13.7 Å². The van der Waals surface area contributed by atoms with E-state index < -0.39 is 6.04 Å². The van der Waals surface area contributed by atoms with Gasteiger partial charge in [-0.3, -0.25) is 4.79 Å². The lowest BCUT2D eigenvalue weighted by atomic mass is 10.1. The number of nitrogens with one attached hydrogen (secondary N) is 1. The largest absolute Gasteiger partial charge is 0.380 e. The van der Waals surface area contributed by atoms with Crippen LogP contribution in [0.5, 0.6) is 0 Å². The maximum Gasteiger partial charge on any atom is 0.237 e. The standard InChI is InChI=1S/C15H24N2O2/c1-3-4-9-14(16)15(18)17-10-12-7-5-6-8-13(12)11-19-2/h5-8,14H,3-4,9-11,16H2,1-2H3,(H,17,18)/t14-/m0/s1. The van der Waals surface area contributed by atoms with E-state index in [9.17, 15) is 4.79 Å². The second-order valence-corrected chi connectivity index (χ2v) is 4.67. The SMILES string of the molecule is CCCC[C@H](N)C(=O)NCc1ccccc1COC. The predicted octanol–water partition coefficient (Wildman–Crippen LogP) is 1.97. The van der Waals surface area contributed by atoms with Gasteiger partial charge in [0.25, 0.3) is 0 Å². The van der Waals surface area contributed by atoms with Crippen molar-refractivity contribution in [3.63, 3.8) is 0 Å². The second-order valence-electron chi connectivity index (χ2n) is 4.67. The molecule has 0 aliphatic heterocycles. The average Bonchev–Trinajstić information content (AvgIpc) is 2.43. The molecule has 0 heterocycles. The van der Waals surface area contributed by atoms with Gasteiger partial charge in [0.1, 0.15) is 0 Å². The summed E-state index contributed by atoms with van der Waals surface area (Å²) >= 11 is 0. The number of unbranched alkanes of at least 4 members (excludes halogenated alkanes) is 1. The molecule has 1 rings (SSSR count). The number of rotatable bonds is 8. The van der Waals surface area contributed by atoms with Crippen LogP contribution in [0.15, 0.2) is 24.3 Å². The zero-order valence-electron chi connectivity index (χ0n) is 11.8. The summed E-state index contributed by atoms with van der Waals surface area (Å²) in [6, 6.07) is 7.51. The van der Waals surface area contributed by atoms with Crippen molar-refractivity contribution in [1.82, 2.24) is 5.32 Å². The highest BCUT2D eigenvalue weighted by atomic mass is 16.5. The number of benzene rings is 1. The van der Waals surface area contributed by atoms with Gasteiger partial charge < -0.3 is 15.8 Å². The van der Waals surface area contributed by atoms with Crippen LogP contribution < -0.4 is 11.1 Å². The molecule has 1 atom stereocenters. The van der Waals surface area contributed by atoms with Gasteiger partial charge in [0.05, 0.1) is 12.6 Å². The molecule has 0 radical (unpaired) electrons. The first-order chi connectivity index (χ1) is 9.19. The molecular weight excluding hydrogens is 240 g/mol. The van der Waals surface area contributed by atoms with Crippen LogP contribution in [0.1, 0.15) is 37.3 Å². The molecule has 1 aromatic rings. The van der Waals surface area contributed by atoms with Crippen molar-refractivity contribution in [3.8, 4) is 0 Å². The molecule has 4 heteroatoms. The summed E-state index contributed by atoms with van der Waals surface area (Å²) in [7, 11) is 1.66. The molecule has 0 aromatic heterocycles. The first kappa shape index (κ1) is 15.7. The minimum atomic E-state index is -0.408. The number of carbonyl (C=O) groups is 1. The molecule has 0 unspecified atom stereocenters. The smallest absolute Gasteiger partial charge is 0.237 e. The van der Waals surface area contributed by atoms with Gasteiger partial charge in [-0.25, -0.2) is 0 Å². The minimum Gasteiger partial charge on any atom is -0.380 e. The van der Waals surface area contributed by atoms with Gasteiger partial charge in [0.15, 0.2) is 0 Å². The van der Waals surface area contributed by atoms with Crippen molar-refractivity contribution in [2.75, 3.05) is 7.11 Å². The molecule has 1 amide bonds. The van der Waals surface area contributed by atoms with Crippen LogP contribution in [0.2, 0.25) is 0 Å². The van der Waals surface area contributed by atoms with E-state index in [-0.39, 0.29) is 5.91 Å². The third-order valence-electron chi connectivity index (χ3n) is 3.08. The highest BCUT2D eigenvalue weighted by Gasteiger charge is 2.12. The lowest BCUT2D eigenvalue weighted by Gasteiger charge is -2.13. The Morgan fingerprint density at radius 3 is 2.68 bits per heavy atom. The van der Waals surface area contributed by atoms with Crippen LogP contribution in [0.3, 0.4) is 0 Å². The molecule has 0 saturated heterocycles. The molecule has 1 aromatic carbocycles. The normalized spacial score (nSPS) is 12.2. The Kier molecular flexibility index (Phi) is 7.15. The van der Waals surface area contributed by atoms with E-state index in [0.29, 0.717) is 13.2 Å². The lowest BCUT2D eigenvalue weighted by Crippen LogP contribution is -2.40. The number of hydrogen-bond acceptors (Lipinski definition) is 3. The van der Waals surface area contributed by atoms with Crippen LogP contribution in [-0.2, 0) is 22.7 Å². The quantitative estimate of drug-likeness (QED) is 0.754. The fraction of sp³-hybridized carbons (Fsp3) is 0.533. The minimum absolute atomic E-state index is 0.0827. The van der Waals surface area contributed by atoms with Crippen molar-refractivity contribution in [1.29, 1.82) is 0 Å². The zero-order chi connectivity index (χ0) is 14.1. The lowest BCUT2D eigenvalue weighted by molar-refractivity contribution is -0.122. The number of methoxy groups -OCH3 is 1. The zero-order valence-corrected chi connectivity index (χ0v) is 11.8. The van der Waals surface area contributed by atoms with E-state index in [4.69, 9.17) is 10.5 Å². The summed E-state index contributed by atoms with van der Waals surface area (Å²) in [6.45, 7) is 3.14. The first-order valence-corrected chi connectivity index (χ1v) is 6.78. The molecule has 0 fully saturated rings. The van der Waals surface area contributed by atoms with Gasteiger partial charge >= 0.3 is 0 Å². The Bertz CT molecular complexity index is 393. The van der Waals surface area contributed by atoms with Crippen molar-refractivity contribution < 1.29 is 9.53 Å². The Hall–Kier alpha value is -1.39. The third-order valence-corrected chi connectivity index (χ3v) is 3.08. The highest BCUT2D eigenvalue weighted by molar-refractivity contribution is 5.81. The molecule has 0 saturated carbocycles. The molecule has 0 aliphatic carbocycles. The molecule has 3 N–H and O–H groups in total. The van der Waals surface area contributed by atoms with Crippen molar-refractivity contribution >= 4 is 5.91 Å². The Morgan fingerprint density at radius 2 is 2.05 bits per heavy atom. The molecule has 0 spiro atoms. The predicted molar refractivity (Wildman–Crippen MR) is 76.5 cm³/mol. The van der Waals surface area contributed by atoms with E-state index in [0.717, 1.165) is 30.4 Å². The van der Waals surface area contributed by atoms with E-state index in [2.05, 4.69) is 12.2 Å². The maximum atomic E-state index is 11.8. The van der Waals surface area contributed by atoms with Gasteiger partial charge in [-0.1, -0.05) is 44.0 Å². The maximum absolute atomic E-state index is 11.8. The molecular formula is C15H24N2O2. The molecule has 0 bridgehead atoms. The summed E-state index contributed by atoms with van der Waals surface area (Å²) < 4.78 is 5.14. The van der Waals surface area contributed by atoms with Gasteiger partial charge in [0.2, 0.25) is 5.91 Å². The topological polar surface area (TPSA) is 64.4 Å². The number of hydrogen-bond donors (Lipinski definition) is 2. The van der Waals surface area contributed by atoms with E-state index in [1.807, 2.05) is 24.3 Å².